The first kappa shape index (κ1) is 14.8. The highest BCUT2D eigenvalue weighted by Gasteiger charge is 2.27. The van der Waals surface area contributed by atoms with E-state index in [2.05, 4.69) is 30.8 Å². The molecule has 2 aliphatic rings. The fraction of sp³-hybridized carbons (Fsp3) is 0.722. The Morgan fingerprint density at radius 3 is 2.76 bits per heavy atom. The average Bonchev–Trinajstić information content (AvgIpc) is 2.86. The third-order valence-electron chi connectivity index (χ3n) is 4.92. The van der Waals surface area contributed by atoms with Gasteiger partial charge in [-0.15, -0.1) is 0 Å². The van der Waals surface area contributed by atoms with Crippen molar-refractivity contribution >= 4 is 0 Å². The molecule has 0 spiro atoms. The topological polar surface area (TPSA) is 38.0 Å². The van der Waals surface area contributed by atoms with Gasteiger partial charge in [-0.3, -0.25) is 4.68 Å². The molecule has 3 rings (SSSR count). The van der Waals surface area contributed by atoms with Crippen LogP contribution >= 0.6 is 0 Å². The van der Waals surface area contributed by atoms with Crippen molar-refractivity contribution in [2.45, 2.75) is 77.4 Å². The predicted octanol–water partition coefficient (Wildman–Crippen LogP) is 4.04. The van der Waals surface area contributed by atoms with Gasteiger partial charge in [-0.2, -0.15) is 5.10 Å². The van der Waals surface area contributed by atoms with Crippen molar-refractivity contribution < 1.29 is 5.11 Å². The zero-order valence-electron chi connectivity index (χ0n) is 13.4. The summed E-state index contributed by atoms with van der Waals surface area (Å²) in [5, 5.41) is 14.8. The second-order valence-corrected chi connectivity index (χ2v) is 7.69. The maximum Gasteiger partial charge on any atom is 0.0728 e. The quantitative estimate of drug-likeness (QED) is 0.852. The Balaban J connectivity index is 1.67. The predicted molar refractivity (Wildman–Crippen MR) is 85.2 cm³/mol. The first-order valence-electron chi connectivity index (χ1n) is 8.43. The van der Waals surface area contributed by atoms with Crippen LogP contribution in [0.15, 0.2) is 23.9 Å². The minimum absolute atomic E-state index is 0.204. The van der Waals surface area contributed by atoms with Gasteiger partial charge in [0.15, 0.2) is 0 Å². The van der Waals surface area contributed by atoms with E-state index in [-0.39, 0.29) is 11.5 Å². The van der Waals surface area contributed by atoms with Crippen LogP contribution < -0.4 is 0 Å². The highest BCUT2D eigenvalue weighted by atomic mass is 16.3. The molecule has 0 aromatic carbocycles. The molecule has 1 aromatic heterocycles. The van der Waals surface area contributed by atoms with Gasteiger partial charge in [-0.1, -0.05) is 44.8 Å². The number of rotatable bonds is 3. The fourth-order valence-corrected chi connectivity index (χ4v) is 4.02. The van der Waals surface area contributed by atoms with Crippen LogP contribution in [0.25, 0.3) is 0 Å². The third kappa shape index (κ3) is 3.76. The summed E-state index contributed by atoms with van der Waals surface area (Å²) in [6.45, 7) is 4.48. The van der Waals surface area contributed by atoms with E-state index in [1.807, 2.05) is 6.08 Å². The van der Waals surface area contributed by atoms with Crippen molar-refractivity contribution in [2.75, 3.05) is 0 Å². The number of aromatic nitrogens is 2. The van der Waals surface area contributed by atoms with Gasteiger partial charge in [0.2, 0.25) is 0 Å². The molecule has 1 heterocycles. The van der Waals surface area contributed by atoms with Gasteiger partial charge < -0.3 is 5.11 Å². The molecule has 1 saturated carbocycles. The number of aliphatic hydroxyl groups excluding tert-OH is 1. The van der Waals surface area contributed by atoms with Crippen LogP contribution in [-0.4, -0.2) is 21.0 Å². The average molecular weight is 288 g/mol. The highest BCUT2D eigenvalue weighted by Crippen LogP contribution is 2.36. The molecule has 1 N–H and O–H groups in total. The first-order chi connectivity index (χ1) is 10.0. The maximum atomic E-state index is 10.0. The summed E-state index contributed by atoms with van der Waals surface area (Å²) in [6, 6.07) is 2.76. The van der Waals surface area contributed by atoms with Gasteiger partial charge >= 0.3 is 0 Å². The molecule has 1 aromatic rings. The Hall–Kier alpha value is -1.09. The Kier molecular flexibility index (Phi) is 4.21. The number of hydrogen-bond acceptors (Lipinski definition) is 2. The van der Waals surface area contributed by atoms with Crippen molar-refractivity contribution in [3.63, 3.8) is 0 Å². The SMILES string of the molecule is CC1(C)CC(Cc2ccn(C3CCCCC3)n2)=CC(O)C1. The van der Waals surface area contributed by atoms with E-state index in [9.17, 15) is 5.11 Å². The molecule has 2 aliphatic carbocycles. The Labute approximate surface area is 128 Å². The first-order valence-corrected chi connectivity index (χ1v) is 8.43. The van der Waals surface area contributed by atoms with Gasteiger partial charge in [0.1, 0.15) is 0 Å². The van der Waals surface area contributed by atoms with Crippen molar-refractivity contribution in [3.8, 4) is 0 Å². The van der Waals surface area contributed by atoms with Crippen LogP contribution in [-0.2, 0) is 6.42 Å². The number of allylic oxidation sites excluding steroid dienone is 1. The fourth-order valence-electron chi connectivity index (χ4n) is 4.02. The summed E-state index contributed by atoms with van der Waals surface area (Å²) >= 11 is 0. The lowest BCUT2D eigenvalue weighted by Crippen LogP contribution is -2.25. The monoisotopic (exact) mass is 288 g/mol. The summed E-state index contributed by atoms with van der Waals surface area (Å²) in [4.78, 5) is 0. The minimum atomic E-state index is -0.288. The molecule has 0 saturated heterocycles. The second kappa shape index (κ2) is 5.96. The Morgan fingerprint density at radius 2 is 2.05 bits per heavy atom. The van der Waals surface area contributed by atoms with Gasteiger partial charge in [-0.05, 0) is 37.2 Å². The van der Waals surface area contributed by atoms with Gasteiger partial charge in [0, 0.05) is 12.6 Å². The van der Waals surface area contributed by atoms with Crippen molar-refractivity contribution in [2.24, 2.45) is 5.41 Å². The molecule has 1 fully saturated rings. The van der Waals surface area contributed by atoms with Crippen molar-refractivity contribution in [1.82, 2.24) is 9.78 Å². The number of nitrogens with zero attached hydrogens (tertiary/aromatic N) is 2. The summed E-state index contributed by atoms with van der Waals surface area (Å²) in [6.07, 6.45) is 13.3. The van der Waals surface area contributed by atoms with Crippen LogP contribution in [0.4, 0.5) is 0 Å². The standard InChI is InChI=1S/C18H28N2O/c1-18(2)12-14(11-17(21)13-18)10-15-8-9-20(19-15)16-6-4-3-5-7-16/h8-9,11,16-17,21H,3-7,10,12-13H2,1-2H3. The van der Waals surface area contributed by atoms with Crippen molar-refractivity contribution in [1.29, 1.82) is 0 Å². The molecular weight excluding hydrogens is 260 g/mol. The molecule has 116 valence electrons. The molecule has 0 radical (unpaired) electrons. The number of aliphatic hydroxyl groups is 1. The lowest BCUT2D eigenvalue weighted by Gasteiger charge is -2.32. The lowest BCUT2D eigenvalue weighted by atomic mass is 9.75. The van der Waals surface area contributed by atoms with E-state index in [4.69, 9.17) is 5.10 Å². The normalized spacial score (nSPS) is 26.6. The summed E-state index contributed by atoms with van der Waals surface area (Å²) in [5.74, 6) is 0. The van der Waals surface area contributed by atoms with E-state index in [0.29, 0.717) is 6.04 Å². The Morgan fingerprint density at radius 1 is 1.29 bits per heavy atom. The lowest BCUT2D eigenvalue weighted by molar-refractivity contribution is 0.138. The molecule has 0 aliphatic heterocycles. The van der Waals surface area contributed by atoms with Crippen LogP contribution in [0.5, 0.6) is 0 Å². The van der Waals surface area contributed by atoms with Crippen molar-refractivity contribution in [3.05, 3.63) is 29.6 Å². The third-order valence-corrected chi connectivity index (χ3v) is 4.92. The van der Waals surface area contributed by atoms with Crippen LogP contribution in [0.3, 0.4) is 0 Å². The van der Waals surface area contributed by atoms with Crippen LogP contribution in [0.1, 0.15) is 70.5 Å². The van der Waals surface area contributed by atoms with E-state index >= 15 is 0 Å². The van der Waals surface area contributed by atoms with E-state index in [1.54, 1.807) is 0 Å². The highest BCUT2D eigenvalue weighted by molar-refractivity contribution is 5.19. The van der Waals surface area contributed by atoms with E-state index in [1.165, 1.54) is 37.7 Å². The van der Waals surface area contributed by atoms with Crippen LogP contribution in [0, 0.1) is 5.41 Å². The molecule has 0 amide bonds. The van der Waals surface area contributed by atoms with Gasteiger partial charge in [0.25, 0.3) is 0 Å². The van der Waals surface area contributed by atoms with E-state index in [0.717, 1.165) is 25.0 Å². The largest absolute Gasteiger partial charge is 0.389 e. The van der Waals surface area contributed by atoms with E-state index < -0.39 is 0 Å². The van der Waals surface area contributed by atoms with Crippen LogP contribution in [0.2, 0.25) is 0 Å². The molecule has 0 bridgehead atoms. The minimum Gasteiger partial charge on any atom is -0.389 e. The zero-order chi connectivity index (χ0) is 14.9. The van der Waals surface area contributed by atoms with Gasteiger partial charge in [-0.25, -0.2) is 0 Å². The maximum absolute atomic E-state index is 10.0. The molecule has 1 atom stereocenters. The summed E-state index contributed by atoms with van der Waals surface area (Å²) in [5.41, 5.74) is 2.69. The molecular formula is C18H28N2O. The molecule has 1 unspecified atom stereocenters. The smallest absolute Gasteiger partial charge is 0.0728 e. The molecule has 3 heteroatoms. The summed E-state index contributed by atoms with van der Waals surface area (Å²) in [7, 11) is 0. The molecule has 3 nitrogen and oxygen atoms in total. The number of hydrogen-bond donors (Lipinski definition) is 1. The zero-order valence-corrected chi connectivity index (χ0v) is 13.4. The van der Waals surface area contributed by atoms with Gasteiger partial charge in [0.05, 0.1) is 17.8 Å². The second-order valence-electron chi connectivity index (χ2n) is 7.69. The Bertz CT molecular complexity index is 509. The summed E-state index contributed by atoms with van der Waals surface area (Å²) < 4.78 is 2.18. The molecule has 21 heavy (non-hydrogen) atoms.